The molecular weight excluding hydrogens is 397 g/mol. The summed E-state index contributed by atoms with van der Waals surface area (Å²) in [5.41, 5.74) is 2.07. The van der Waals surface area contributed by atoms with Gasteiger partial charge in [-0.2, -0.15) is 0 Å². The van der Waals surface area contributed by atoms with E-state index < -0.39 is 5.97 Å². The van der Waals surface area contributed by atoms with E-state index in [0.29, 0.717) is 13.2 Å². The number of carboxylic acid groups (broad SMARTS) is 1. The first kappa shape index (κ1) is 22.6. The summed E-state index contributed by atoms with van der Waals surface area (Å²) in [7, 11) is 0. The summed E-state index contributed by atoms with van der Waals surface area (Å²) in [5.74, 6) is -0.322. The van der Waals surface area contributed by atoms with Gasteiger partial charge < -0.3 is 24.7 Å². The fourth-order valence-corrected chi connectivity index (χ4v) is 4.01. The molecule has 1 aliphatic rings. The average molecular weight is 419 g/mol. The van der Waals surface area contributed by atoms with Crippen LogP contribution < -0.4 is 34.0 Å². The molecule has 30 heavy (non-hydrogen) atoms. The minimum Gasteiger partial charge on any atom is -0.545 e. The van der Waals surface area contributed by atoms with Crippen LogP contribution in [0, 0.1) is 0 Å². The monoisotopic (exact) mass is 419 g/mol. The van der Waals surface area contributed by atoms with Gasteiger partial charge in [-0.15, -0.1) is 0 Å². The number of rotatable bonds is 8. The molecule has 152 valence electrons. The fourth-order valence-electron chi connectivity index (χ4n) is 3.12. The number of carboxylic acids is 1. The molecule has 0 atom stereocenters. The van der Waals surface area contributed by atoms with Crippen LogP contribution in [0.4, 0.5) is 5.13 Å². The number of nitrogens with zero attached hydrogens (tertiary/aromatic N) is 2. The second-order valence-corrected chi connectivity index (χ2v) is 7.82. The number of morpholine rings is 1. The molecule has 1 aromatic heterocycles. The van der Waals surface area contributed by atoms with Crippen LogP contribution in [0.5, 0.6) is 5.75 Å². The van der Waals surface area contributed by atoms with Crippen LogP contribution in [0.1, 0.15) is 15.9 Å². The van der Waals surface area contributed by atoms with Gasteiger partial charge in [0.25, 0.3) is 0 Å². The Labute approximate surface area is 191 Å². The molecule has 1 N–H and O–H groups in total. The molecule has 1 fully saturated rings. The number of anilines is 1. The smallest absolute Gasteiger partial charge is 0.545 e. The molecule has 0 radical (unpaired) electrons. The van der Waals surface area contributed by atoms with Gasteiger partial charge in [-0.3, -0.25) is 4.90 Å². The van der Waals surface area contributed by atoms with Crippen molar-refractivity contribution in [1.29, 1.82) is 0 Å². The molecule has 4 rings (SSSR count). The second-order valence-electron chi connectivity index (χ2n) is 6.79. The van der Waals surface area contributed by atoms with Gasteiger partial charge in [0.15, 0.2) is 5.13 Å². The number of fused-ring (bicyclic) bond motifs is 1. The number of benzene rings is 2. The number of aromatic carboxylic acids is 1. The molecule has 0 saturated carbocycles. The average Bonchev–Trinajstić information content (AvgIpc) is 3.15. The van der Waals surface area contributed by atoms with Crippen molar-refractivity contribution < 1.29 is 38.2 Å². The Bertz CT molecular complexity index is 974. The van der Waals surface area contributed by atoms with E-state index in [9.17, 15) is 9.90 Å². The van der Waals surface area contributed by atoms with Crippen LogP contribution in [0.25, 0.3) is 10.2 Å². The third kappa shape index (κ3) is 5.97. The Morgan fingerprint density at radius 1 is 1.20 bits per heavy atom. The van der Waals surface area contributed by atoms with Gasteiger partial charge >= 0.3 is 18.9 Å². The van der Waals surface area contributed by atoms with Crippen LogP contribution in [-0.4, -0.2) is 55.3 Å². The zero-order valence-corrected chi connectivity index (χ0v) is 17.7. The molecule has 2 aromatic carbocycles. The predicted octanol–water partition coefficient (Wildman–Crippen LogP) is -1.01. The largest absolute Gasteiger partial charge is 1.00 e. The molecule has 1 aliphatic heterocycles. The Morgan fingerprint density at radius 3 is 2.70 bits per heavy atom. The first-order valence-corrected chi connectivity index (χ1v) is 10.4. The number of ether oxygens (including phenoxy) is 2. The van der Waals surface area contributed by atoms with Gasteiger partial charge in [0, 0.05) is 26.2 Å². The van der Waals surface area contributed by atoms with Crippen molar-refractivity contribution in [2.24, 2.45) is 0 Å². The summed E-state index contributed by atoms with van der Waals surface area (Å²) in [4.78, 5) is 17.7. The van der Waals surface area contributed by atoms with E-state index in [2.05, 4.69) is 15.2 Å². The summed E-state index contributed by atoms with van der Waals surface area (Å²) in [6, 6.07) is 12.6. The van der Waals surface area contributed by atoms with E-state index in [1.54, 1.807) is 35.6 Å². The third-order valence-electron chi connectivity index (χ3n) is 4.77. The fraction of sp³-hybridized carbons (Fsp3) is 0.333. The molecule has 0 unspecified atom stereocenters. The molecule has 3 aromatic rings. The van der Waals surface area contributed by atoms with Crippen molar-refractivity contribution in [2.45, 2.75) is 6.54 Å². The maximum absolute atomic E-state index is 10.8. The van der Waals surface area contributed by atoms with E-state index in [0.717, 1.165) is 59.5 Å². The first-order chi connectivity index (χ1) is 14.2. The summed E-state index contributed by atoms with van der Waals surface area (Å²) in [6.07, 6.45) is 0. The van der Waals surface area contributed by atoms with Crippen molar-refractivity contribution in [3.8, 4) is 5.75 Å². The number of thiazole rings is 1. The zero-order chi connectivity index (χ0) is 20.1. The normalized spacial score (nSPS) is 14.3. The topological polar surface area (TPSA) is 86.8 Å². The van der Waals surface area contributed by atoms with Crippen molar-refractivity contribution in [3.05, 3.63) is 53.6 Å². The van der Waals surface area contributed by atoms with E-state index >= 15 is 0 Å². The number of aromatic nitrogens is 1. The number of hydrogen-bond donors (Lipinski definition) is 1. The molecule has 0 aliphatic carbocycles. The first-order valence-electron chi connectivity index (χ1n) is 9.55. The number of carbonyl (C=O) groups is 1. The van der Waals surface area contributed by atoms with Gasteiger partial charge in [0.1, 0.15) is 12.4 Å². The molecule has 9 heteroatoms. The Morgan fingerprint density at radius 2 is 1.97 bits per heavy atom. The zero-order valence-electron chi connectivity index (χ0n) is 16.9. The van der Waals surface area contributed by atoms with Crippen molar-refractivity contribution in [3.63, 3.8) is 0 Å². The summed E-state index contributed by atoms with van der Waals surface area (Å²) < 4.78 is 12.3. The molecule has 0 spiro atoms. The third-order valence-corrected chi connectivity index (χ3v) is 5.75. The van der Waals surface area contributed by atoms with Crippen molar-refractivity contribution >= 4 is 32.7 Å². The van der Waals surface area contributed by atoms with Gasteiger partial charge in [0.2, 0.25) is 0 Å². The summed E-state index contributed by atoms with van der Waals surface area (Å²) in [6.45, 7) is 5.62. The molecule has 7 nitrogen and oxygen atoms in total. The minimum atomic E-state index is -1.17. The Kier molecular flexibility index (Phi) is 8.14. The van der Waals surface area contributed by atoms with E-state index in [4.69, 9.17) is 9.47 Å². The molecular formula is C21H22LiN3O4S. The SMILES string of the molecule is O=C([O-])c1ccc(CNc2nc3ccc(OCCN4CCOCC4)cc3s2)cc1.[Li+]. The van der Waals surface area contributed by atoms with E-state index in [1.807, 2.05) is 18.2 Å². The minimum absolute atomic E-state index is 0. The van der Waals surface area contributed by atoms with E-state index in [1.165, 1.54) is 0 Å². The molecule has 0 bridgehead atoms. The standard InChI is InChI=1S/C21H23N3O4S.Li/c25-20(26)16-3-1-15(2-4-16)14-22-21-23-18-6-5-17(13-19(18)29-21)28-12-9-24-7-10-27-11-8-24;/h1-6,13H,7-12,14H2,(H,22,23)(H,25,26);/q;+1/p-1. The van der Waals surface area contributed by atoms with Crippen LogP contribution in [0.2, 0.25) is 0 Å². The maximum Gasteiger partial charge on any atom is 1.00 e. The van der Waals surface area contributed by atoms with Crippen LogP contribution in [0.15, 0.2) is 42.5 Å². The van der Waals surface area contributed by atoms with Gasteiger partial charge in [-0.25, -0.2) is 4.98 Å². The number of hydrogen-bond acceptors (Lipinski definition) is 8. The molecule has 0 amide bonds. The van der Waals surface area contributed by atoms with Crippen LogP contribution in [-0.2, 0) is 11.3 Å². The van der Waals surface area contributed by atoms with Gasteiger partial charge in [0.05, 0.1) is 29.4 Å². The van der Waals surface area contributed by atoms with Gasteiger partial charge in [-0.05, 0) is 29.3 Å². The Balaban J connectivity index is 0.00000256. The number of nitrogens with one attached hydrogen (secondary N) is 1. The van der Waals surface area contributed by atoms with Crippen LogP contribution >= 0.6 is 11.3 Å². The maximum atomic E-state index is 10.8. The Hall–Kier alpha value is -2.08. The second kappa shape index (κ2) is 10.8. The number of carbonyl (C=O) groups excluding carboxylic acids is 1. The quantitative estimate of drug-likeness (QED) is 0.468. The predicted molar refractivity (Wildman–Crippen MR) is 110 cm³/mol. The van der Waals surface area contributed by atoms with E-state index in [-0.39, 0.29) is 24.4 Å². The van der Waals surface area contributed by atoms with Crippen molar-refractivity contribution in [2.75, 3.05) is 44.8 Å². The summed E-state index contributed by atoms with van der Waals surface area (Å²) >= 11 is 1.57. The van der Waals surface area contributed by atoms with Crippen molar-refractivity contribution in [1.82, 2.24) is 9.88 Å². The molecule has 2 heterocycles. The molecule has 1 saturated heterocycles. The summed E-state index contributed by atoms with van der Waals surface area (Å²) in [5, 5.41) is 14.9. The van der Waals surface area contributed by atoms with Gasteiger partial charge in [-0.1, -0.05) is 35.6 Å². The van der Waals surface area contributed by atoms with Crippen LogP contribution in [0.3, 0.4) is 0 Å².